The molecule has 19 heteroatoms. The molecule has 0 unspecified atom stereocenters. The Kier molecular flexibility index (Phi) is 16.5. The molecule has 5 N–H and O–H groups in total. The first-order valence-electron chi connectivity index (χ1n) is 28.8. The number of aryl methyl sites for hydroxylation is 3. The number of carbonyl (C=O) groups is 4. The van der Waals surface area contributed by atoms with Crippen LogP contribution in [0.4, 0.5) is 17.2 Å². The summed E-state index contributed by atoms with van der Waals surface area (Å²) in [7, 11) is 0. The maximum atomic E-state index is 14.1. The lowest BCUT2D eigenvalue weighted by Gasteiger charge is -2.40. The van der Waals surface area contributed by atoms with Gasteiger partial charge in [0.25, 0.3) is 17.7 Å². The Labute approximate surface area is 483 Å². The highest BCUT2D eigenvalue weighted by atomic mass is 35.5. The number of pyridine rings is 1. The van der Waals surface area contributed by atoms with Gasteiger partial charge in [0, 0.05) is 121 Å². The molecule has 5 aliphatic heterocycles. The lowest BCUT2D eigenvalue weighted by molar-refractivity contribution is -0.133. The van der Waals surface area contributed by atoms with Gasteiger partial charge in [0.15, 0.2) is 5.82 Å². The maximum absolute atomic E-state index is 14.1. The smallest absolute Gasteiger partial charge is 0.257 e. The van der Waals surface area contributed by atoms with Crippen LogP contribution in [-0.2, 0) is 11.3 Å². The summed E-state index contributed by atoms with van der Waals surface area (Å²) in [6, 6.07) is 23.2. The van der Waals surface area contributed by atoms with Crippen LogP contribution in [0.5, 0.6) is 0 Å². The number of likely N-dealkylation sites (tertiary alicyclic amines) is 1. The second-order valence-corrected chi connectivity index (χ2v) is 24.7. The second-order valence-electron chi connectivity index (χ2n) is 23.0. The quantitative estimate of drug-likeness (QED) is 0.0720. The Balaban J connectivity index is 0.617. The van der Waals surface area contributed by atoms with E-state index in [1.165, 1.54) is 16.0 Å². The highest BCUT2D eigenvalue weighted by Gasteiger charge is 2.42. The fraction of sp³-hybridized carbons (Fsp3) is 0.452. The number of hydrogen-bond donors (Lipinski definition) is 4. The SMILES string of the molecule is CC[C@@H](C)Nc1cc(C(=O)NC2C[C@H]3CC[C@H](C2)N3c2ccc(C(=O)Nc3ccc(CN4CCN(CC5CCN(C(=O)C[C@@H]6N=C(c7ccc(Cl)cc7)c7c(sc(C)c7C)-n7c(C)nnc76)CC5)CC4)cc3)cn2)c(C)cc1C(N)=O. The van der Waals surface area contributed by atoms with Crippen LogP contribution in [0.15, 0.2) is 84.0 Å². The van der Waals surface area contributed by atoms with Crippen LogP contribution in [0.25, 0.3) is 5.00 Å². The normalized spacial score (nSPS) is 20.7. The van der Waals surface area contributed by atoms with Crippen molar-refractivity contribution < 1.29 is 19.2 Å². The van der Waals surface area contributed by atoms with E-state index in [9.17, 15) is 19.2 Å². The minimum absolute atomic E-state index is 0.000191. The number of nitrogens with one attached hydrogen (secondary N) is 3. The molecule has 2 bridgehead atoms. The monoisotopic (exact) mass is 1130 g/mol. The van der Waals surface area contributed by atoms with E-state index in [1.807, 2.05) is 74.2 Å². The van der Waals surface area contributed by atoms with Crippen LogP contribution in [0, 0.1) is 33.6 Å². The average Bonchev–Trinajstić information content (AvgIpc) is 4.29. The number of aliphatic imine (C=N–C) groups is 1. The molecule has 4 saturated heterocycles. The molecule has 3 aromatic carbocycles. The van der Waals surface area contributed by atoms with Gasteiger partial charge in [-0.05, 0) is 151 Å². The zero-order valence-electron chi connectivity index (χ0n) is 47.3. The highest BCUT2D eigenvalue weighted by Crippen LogP contribution is 2.41. The molecule has 11 rings (SSSR count). The van der Waals surface area contributed by atoms with E-state index in [4.69, 9.17) is 27.3 Å². The number of piperazine rings is 1. The first kappa shape index (κ1) is 55.9. The van der Waals surface area contributed by atoms with Crippen molar-refractivity contribution in [3.8, 4) is 5.00 Å². The molecular formula is C62H74ClN13O4S. The summed E-state index contributed by atoms with van der Waals surface area (Å²) in [6.07, 6.45) is 8.29. The molecule has 0 saturated carbocycles. The zero-order valence-corrected chi connectivity index (χ0v) is 48.9. The van der Waals surface area contributed by atoms with E-state index >= 15 is 0 Å². The van der Waals surface area contributed by atoms with Crippen LogP contribution in [0.2, 0.25) is 5.02 Å². The van der Waals surface area contributed by atoms with Gasteiger partial charge in [-0.2, -0.15) is 0 Å². The molecule has 0 radical (unpaired) electrons. The molecule has 17 nitrogen and oxygen atoms in total. The number of carbonyl (C=O) groups excluding carboxylic acids is 4. The Bertz CT molecular complexity index is 3330. The molecule has 81 heavy (non-hydrogen) atoms. The third-order valence-electron chi connectivity index (χ3n) is 17.5. The molecule has 4 fully saturated rings. The van der Waals surface area contributed by atoms with Gasteiger partial charge >= 0.3 is 0 Å². The number of nitrogens with zero attached hydrogens (tertiary/aromatic N) is 9. The van der Waals surface area contributed by atoms with E-state index in [2.05, 4.69) is 78.3 Å². The fourth-order valence-corrected chi connectivity index (χ4v) is 14.0. The van der Waals surface area contributed by atoms with E-state index < -0.39 is 11.9 Å². The predicted molar refractivity (Wildman–Crippen MR) is 320 cm³/mol. The number of benzene rings is 3. The number of hydrogen-bond acceptors (Lipinski definition) is 13. The molecule has 3 aromatic heterocycles. The standard InChI is InChI=1S/C62H74ClN13O4S/c1-7-37(3)66-52-31-50(36(2)28-51(52)58(64)78)61(80)68-47-29-48-17-18-49(30-47)76(48)54-19-12-44(33-65-54)60(79)67-46-15-8-41(9-16-46)34-72-24-26-73(27-25-72)35-42-20-22-74(23-21-42)55(77)32-53-59-71-70-40(6)75(59)62-56(38(4)39(5)81-62)57(69-53)43-10-13-45(63)14-11-43/h8-16,19,28,31,33,37,42,47-49,53,66H,7,17-18,20-27,29-30,32,34-35H2,1-6H3,(H2,64,78)(H,67,79)(H,68,80)/t37-,48-,49-,53+/m1/s1. The number of nitrogens with two attached hydrogens (primary N) is 1. The van der Waals surface area contributed by atoms with Gasteiger partial charge in [-0.25, -0.2) is 4.98 Å². The Morgan fingerprint density at radius 3 is 2.19 bits per heavy atom. The van der Waals surface area contributed by atoms with Gasteiger partial charge in [0.1, 0.15) is 22.7 Å². The van der Waals surface area contributed by atoms with Gasteiger partial charge in [-0.15, -0.1) is 21.5 Å². The molecule has 4 atom stereocenters. The van der Waals surface area contributed by atoms with Crippen molar-refractivity contribution >= 4 is 69.5 Å². The minimum atomic E-state index is -0.529. The van der Waals surface area contributed by atoms with Crippen molar-refractivity contribution in [2.45, 2.75) is 130 Å². The Morgan fingerprint density at radius 2 is 1.52 bits per heavy atom. The summed E-state index contributed by atoms with van der Waals surface area (Å²) in [5, 5.41) is 20.5. The van der Waals surface area contributed by atoms with Gasteiger partial charge in [0.2, 0.25) is 5.91 Å². The molecule has 5 aliphatic rings. The number of anilines is 3. The number of primary amides is 1. The van der Waals surface area contributed by atoms with Crippen LogP contribution in [-0.4, -0.2) is 134 Å². The first-order chi connectivity index (χ1) is 39.1. The molecule has 6 aromatic rings. The number of piperidine rings is 2. The van der Waals surface area contributed by atoms with E-state index in [-0.39, 0.29) is 48.3 Å². The van der Waals surface area contributed by atoms with Crippen molar-refractivity contribution in [1.82, 2.24) is 39.8 Å². The molecule has 0 aliphatic carbocycles. The first-order valence-corrected chi connectivity index (χ1v) is 30.0. The number of fused-ring (bicyclic) bond motifs is 5. The molecule has 8 heterocycles. The fourth-order valence-electron chi connectivity index (χ4n) is 12.7. The molecule has 4 amide bonds. The molecule has 0 spiro atoms. The van der Waals surface area contributed by atoms with Crippen molar-refractivity contribution in [1.29, 1.82) is 0 Å². The van der Waals surface area contributed by atoms with Crippen LogP contribution in [0.1, 0.15) is 147 Å². The summed E-state index contributed by atoms with van der Waals surface area (Å²) in [6.45, 7) is 19.5. The molecule has 424 valence electrons. The lowest BCUT2D eigenvalue weighted by Crippen LogP contribution is -2.50. The predicted octanol–water partition coefficient (Wildman–Crippen LogP) is 9.44. The highest BCUT2D eigenvalue weighted by molar-refractivity contribution is 7.15. The van der Waals surface area contributed by atoms with E-state index in [0.29, 0.717) is 44.7 Å². The topological polar surface area (TPSA) is 199 Å². The summed E-state index contributed by atoms with van der Waals surface area (Å²) in [5.41, 5.74) is 14.4. The summed E-state index contributed by atoms with van der Waals surface area (Å²) in [5.74, 6) is 2.08. The van der Waals surface area contributed by atoms with Gasteiger partial charge in [-0.3, -0.25) is 33.6 Å². The van der Waals surface area contributed by atoms with Gasteiger partial charge in [-0.1, -0.05) is 42.8 Å². The second kappa shape index (κ2) is 23.8. The average molecular weight is 1130 g/mol. The van der Waals surface area contributed by atoms with Crippen molar-refractivity contribution in [2.75, 3.05) is 61.3 Å². The lowest BCUT2D eigenvalue weighted by atomic mass is 9.95. The number of aromatic nitrogens is 4. The van der Waals surface area contributed by atoms with Crippen molar-refractivity contribution in [2.24, 2.45) is 16.6 Å². The number of amides is 4. The summed E-state index contributed by atoms with van der Waals surface area (Å²) >= 11 is 8.03. The number of halogens is 1. The maximum Gasteiger partial charge on any atom is 0.257 e. The van der Waals surface area contributed by atoms with Gasteiger partial charge < -0.3 is 36.4 Å². The third-order valence-corrected chi connectivity index (χ3v) is 19.0. The van der Waals surface area contributed by atoms with E-state index in [1.54, 1.807) is 29.7 Å². The Morgan fingerprint density at radius 1 is 0.815 bits per heavy atom. The van der Waals surface area contributed by atoms with Gasteiger partial charge in [0.05, 0.1) is 23.3 Å². The van der Waals surface area contributed by atoms with Crippen LogP contribution >= 0.6 is 22.9 Å². The number of rotatable bonds is 16. The largest absolute Gasteiger partial charge is 0.382 e. The summed E-state index contributed by atoms with van der Waals surface area (Å²) in [4.78, 5) is 74.3. The van der Waals surface area contributed by atoms with Crippen molar-refractivity contribution in [3.63, 3.8) is 0 Å². The summed E-state index contributed by atoms with van der Waals surface area (Å²) < 4.78 is 2.11. The zero-order chi connectivity index (χ0) is 56.6. The van der Waals surface area contributed by atoms with Crippen LogP contribution < -0.4 is 26.6 Å². The van der Waals surface area contributed by atoms with Crippen molar-refractivity contribution in [3.05, 3.63) is 145 Å². The molecular weight excluding hydrogens is 1060 g/mol. The number of thiophene rings is 1. The minimum Gasteiger partial charge on any atom is -0.382 e. The van der Waals surface area contributed by atoms with E-state index in [0.717, 1.165) is 136 Å². The Hall–Kier alpha value is -6.99. The van der Waals surface area contributed by atoms with Crippen LogP contribution in [0.3, 0.4) is 0 Å². The third kappa shape index (κ3) is 12.0.